The first-order valence-electron chi connectivity index (χ1n) is 7.75. The number of thioether (sulfide) groups is 1. The zero-order valence-electron chi connectivity index (χ0n) is 12.9. The molecule has 0 radical (unpaired) electrons. The zero-order valence-corrected chi connectivity index (χ0v) is 13.7. The number of anilines is 1. The van der Waals surface area contributed by atoms with Crippen molar-refractivity contribution in [2.45, 2.75) is 49.8 Å². The van der Waals surface area contributed by atoms with Crippen molar-refractivity contribution >= 4 is 29.3 Å². The first-order valence-corrected chi connectivity index (χ1v) is 8.57. The predicted octanol–water partition coefficient (Wildman–Crippen LogP) is 4.01. The van der Waals surface area contributed by atoms with Gasteiger partial charge in [0.05, 0.1) is 5.41 Å². The fourth-order valence-corrected chi connectivity index (χ4v) is 3.42. The summed E-state index contributed by atoms with van der Waals surface area (Å²) in [6, 6.07) is 6.94. The molecule has 0 unspecified atom stereocenters. The molecule has 1 saturated carbocycles. The summed E-state index contributed by atoms with van der Waals surface area (Å²) in [5.41, 5.74) is -0.316. The number of carbonyl (C=O) groups excluding carboxylic acids is 1. The molecule has 1 aliphatic rings. The molecule has 1 fully saturated rings. The predicted molar refractivity (Wildman–Crippen MR) is 88.9 cm³/mol. The summed E-state index contributed by atoms with van der Waals surface area (Å²) in [4.78, 5) is 24.8. The average Bonchev–Trinajstić information content (AvgIpc) is 2.76. The molecule has 1 aliphatic carbocycles. The summed E-state index contributed by atoms with van der Waals surface area (Å²) >= 11 is 1.05. The van der Waals surface area contributed by atoms with Gasteiger partial charge in [0.2, 0.25) is 5.91 Å². The second-order valence-electron chi connectivity index (χ2n) is 5.94. The van der Waals surface area contributed by atoms with Gasteiger partial charge in [-0.25, -0.2) is 0 Å². The molecule has 0 aromatic heterocycles. The molecule has 0 heterocycles. The number of rotatable bonds is 5. The number of benzene rings is 1. The Morgan fingerprint density at radius 2 is 1.78 bits per heavy atom. The van der Waals surface area contributed by atoms with Gasteiger partial charge in [-0.1, -0.05) is 25.7 Å². The molecule has 1 amide bonds. The van der Waals surface area contributed by atoms with Gasteiger partial charge in [-0.2, -0.15) is 5.26 Å². The number of hydrogen-bond donors (Lipinski definition) is 2. The molecule has 0 saturated heterocycles. The lowest BCUT2D eigenvalue weighted by atomic mass is 9.77. The highest BCUT2D eigenvalue weighted by molar-refractivity contribution is 8.03. The molecule has 23 heavy (non-hydrogen) atoms. The molecular formula is C17H20N2O3S. The number of nitrogens with one attached hydrogen (secondary N) is 1. The minimum absolute atomic E-state index is 0.0109. The SMILES string of the molecule is N#CSc1ccc(NC(=O)CC2(C(=O)O)CCCCCC2)cc1. The topological polar surface area (TPSA) is 90.2 Å². The lowest BCUT2D eigenvalue weighted by Gasteiger charge is -2.27. The molecule has 2 rings (SSSR count). The van der Waals surface area contributed by atoms with Crippen LogP contribution in [0.25, 0.3) is 0 Å². The fourth-order valence-electron chi connectivity index (χ4n) is 3.04. The van der Waals surface area contributed by atoms with Gasteiger partial charge in [0.15, 0.2) is 0 Å². The summed E-state index contributed by atoms with van der Waals surface area (Å²) in [6.45, 7) is 0. The van der Waals surface area contributed by atoms with E-state index in [1.807, 2.05) is 5.40 Å². The van der Waals surface area contributed by atoms with Crippen molar-refractivity contribution in [1.29, 1.82) is 5.26 Å². The standard InChI is InChI=1S/C17H20N2O3S/c18-12-23-14-7-5-13(6-8-14)19-15(20)11-17(16(21)22)9-3-1-2-4-10-17/h5-8H,1-4,9-11H2,(H,19,20)(H,21,22). The van der Waals surface area contributed by atoms with Crippen LogP contribution in [0.2, 0.25) is 0 Å². The van der Waals surface area contributed by atoms with Crippen molar-refractivity contribution in [2.24, 2.45) is 5.41 Å². The van der Waals surface area contributed by atoms with Crippen molar-refractivity contribution in [1.82, 2.24) is 0 Å². The Kier molecular flexibility index (Phi) is 6.05. The summed E-state index contributed by atoms with van der Waals surface area (Å²) in [7, 11) is 0. The Morgan fingerprint density at radius 3 is 2.30 bits per heavy atom. The van der Waals surface area contributed by atoms with Crippen LogP contribution in [0.5, 0.6) is 0 Å². The lowest BCUT2D eigenvalue weighted by molar-refractivity contribution is -0.152. The van der Waals surface area contributed by atoms with E-state index in [0.717, 1.165) is 42.3 Å². The molecule has 1 aromatic carbocycles. The van der Waals surface area contributed by atoms with Crippen molar-refractivity contribution in [2.75, 3.05) is 5.32 Å². The third-order valence-electron chi connectivity index (χ3n) is 4.31. The molecule has 0 bridgehead atoms. The van der Waals surface area contributed by atoms with Crippen LogP contribution in [0.15, 0.2) is 29.2 Å². The number of carbonyl (C=O) groups is 2. The van der Waals surface area contributed by atoms with E-state index in [1.54, 1.807) is 24.3 Å². The summed E-state index contributed by atoms with van der Waals surface area (Å²) in [6.07, 6.45) is 4.93. The maximum atomic E-state index is 12.3. The number of nitrogens with zero attached hydrogens (tertiary/aromatic N) is 1. The first-order chi connectivity index (χ1) is 11.1. The molecule has 122 valence electrons. The molecule has 1 aromatic rings. The van der Waals surface area contributed by atoms with E-state index in [-0.39, 0.29) is 12.3 Å². The number of nitriles is 1. The van der Waals surface area contributed by atoms with Gasteiger partial charge in [0.1, 0.15) is 5.40 Å². The number of hydrogen-bond acceptors (Lipinski definition) is 4. The maximum Gasteiger partial charge on any atom is 0.310 e. The summed E-state index contributed by atoms with van der Waals surface area (Å²) in [5.74, 6) is -1.13. The van der Waals surface area contributed by atoms with Crippen LogP contribution < -0.4 is 5.32 Å². The van der Waals surface area contributed by atoms with Crippen molar-refractivity contribution < 1.29 is 14.7 Å². The normalized spacial score (nSPS) is 16.8. The zero-order chi connectivity index (χ0) is 16.7. The summed E-state index contributed by atoms with van der Waals surface area (Å²) in [5, 5.41) is 23.0. The van der Waals surface area contributed by atoms with Crippen LogP contribution in [0, 0.1) is 16.1 Å². The first kappa shape index (κ1) is 17.4. The number of carboxylic acids is 1. The van der Waals surface area contributed by atoms with Crippen LogP contribution in [-0.2, 0) is 9.59 Å². The Hall–Kier alpha value is -2.00. The number of thiocyanates is 1. The quantitative estimate of drug-likeness (QED) is 0.483. The Bertz CT molecular complexity index is 599. The van der Waals surface area contributed by atoms with E-state index in [9.17, 15) is 14.7 Å². The third-order valence-corrected chi connectivity index (χ3v) is 4.91. The van der Waals surface area contributed by atoms with Gasteiger partial charge in [0.25, 0.3) is 0 Å². The van der Waals surface area contributed by atoms with Gasteiger partial charge >= 0.3 is 5.97 Å². The highest BCUT2D eigenvalue weighted by Gasteiger charge is 2.40. The average molecular weight is 332 g/mol. The number of amides is 1. The van der Waals surface area contributed by atoms with Crippen LogP contribution in [0.4, 0.5) is 5.69 Å². The fraction of sp³-hybridized carbons (Fsp3) is 0.471. The van der Waals surface area contributed by atoms with E-state index < -0.39 is 11.4 Å². The lowest BCUT2D eigenvalue weighted by Crippen LogP contribution is -2.35. The largest absolute Gasteiger partial charge is 0.481 e. The van der Waals surface area contributed by atoms with E-state index in [2.05, 4.69) is 5.32 Å². The van der Waals surface area contributed by atoms with E-state index in [0.29, 0.717) is 18.5 Å². The van der Waals surface area contributed by atoms with Crippen molar-refractivity contribution in [3.05, 3.63) is 24.3 Å². The van der Waals surface area contributed by atoms with Crippen LogP contribution in [0.1, 0.15) is 44.9 Å². The van der Waals surface area contributed by atoms with Crippen LogP contribution in [0.3, 0.4) is 0 Å². The van der Waals surface area contributed by atoms with Gasteiger partial charge in [0, 0.05) is 17.0 Å². The third kappa shape index (κ3) is 4.73. The Balaban J connectivity index is 2.01. The van der Waals surface area contributed by atoms with E-state index >= 15 is 0 Å². The molecule has 0 atom stereocenters. The van der Waals surface area contributed by atoms with E-state index in [1.165, 1.54) is 0 Å². The molecule has 0 spiro atoms. The number of carboxylic acid groups (broad SMARTS) is 1. The molecule has 6 heteroatoms. The highest BCUT2D eigenvalue weighted by Crippen LogP contribution is 2.38. The van der Waals surface area contributed by atoms with Crippen LogP contribution in [-0.4, -0.2) is 17.0 Å². The smallest absolute Gasteiger partial charge is 0.310 e. The van der Waals surface area contributed by atoms with E-state index in [4.69, 9.17) is 5.26 Å². The second-order valence-corrected chi connectivity index (χ2v) is 6.80. The van der Waals surface area contributed by atoms with Crippen molar-refractivity contribution in [3.63, 3.8) is 0 Å². The minimum Gasteiger partial charge on any atom is -0.481 e. The molecule has 5 nitrogen and oxygen atoms in total. The van der Waals surface area contributed by atoms with Crippen molar-refractivity contribution in [3.8, 4) is 5.40 Å². The number of aliphatic carboxylic acids is 1. The van der Waals surface area contributed by atoms with Gasteiger partial charge < -0.3 is 10.4 Å². The summed E-state index contributed by atoms with van der Waals surface area (Å²) < 4.78 is 0. The van der Waals surface area contributed by atoms with Gasteiger partial charge in [-0.05, 0) is 48.9 Å². The minimum atomic E-state index is -0.933. The second kappa shape index (κ2) is 8.02. The maximum absolute atomic E-state index is 12.3. The monoisotopic (exact) mass is 332 g/mol. The van der Waals surface area contributed by atoms with Gasteiger partial charge in [-0.3, -0.25) is 9.59 Å². The van der Waals surface area contributed by atoms with Crippen LogP contribution >= 0.6 is 11.8 Å². The molecule has 2 N–H and O–H groups in total. The highest BCUT2D eigenvalue weighted by atomic mass is 32.2. The molecular weight excluding hydrogens is 312 g/mol. The Morgan fingerprint density at radius 1 is 1.17 bits per heavy atom. The van der Waals surface area contributed by atoms with Gasteiger partial charge in [-0.15, -0.1) is 0 Å². The molecule has 0 aliphatic heterocycles. The Labute approximate surface area is 140 Å².